The molecular weight excluding hydrogens is 394 g/mol. The highest BCUT2D eigenvalue weighted by molar-refractivity contribution is 5.93. The van der Waals surface area contributed by atoms with E-state index in [2.05, 4.69) is 15.5 Å². The number of anilines is 1. The van der Waals surface area contributed by atoms with Gasteiger partial charge in [-0.3, -0.25) is 4.79 Å². The summed E-state index contributed by atoms with van der Waals surface area (Å²) >= 11 is 0. The van der Waals surface area contributed by atoms with Gasteiger partial charge in [-0.1, -0.05) is 30.3 Å². The first-order valence-corrected chi connectivity index (χ1v) is 9.87. The standard InChI is InChI=1S/C24H21N3O4/c1-2-29-21-11-7-6-10-20(21)25-22(28)16-30-19-14-12-18(13-15-19)24-27-26-23(31-24)17-8-4-3-5-9-17/h3-15H,2,16H2,1H3,(H,25,28). The van der Waals surface area contributed by atoms with Crippen molar-refractivity contribution < 1.29 is 18.7 Å². The van der Waals surface area contributed by atoms with Gasteiger partial charge in [-0.05, 0) is 55.5 Å². The molecular formula is C24H21N3O4. The van der Waals surface area contributed by atoms with E-state index in [1.807, 2.05) is 49.4 Å². The maximum Gasteiger partial charge on any atom is 0.262 e. The highest BCUT2D eigenvalue weighted by Gasteiger charge is 2.11. The van der Waals surface area contributed by atoms with Crippen LogP contribution in [0.15, 0.2) is 83.3 Å². The van der Waals surface area contributed by atoms with Crippen molar-refractivity contribution in [2.75, 3.05) is 18.5 Å². The molecule has 4 rings (SSSR count). The van der Waals surface area contributed by atoms with Gasteiger partial charge in [0, 0.05) is 11.1 Å². The lowest BCUT2D eigenvalue weighted by atomic mass is 10.2. The Morgan fingerprint density at radius 1 is 0.839 bits per heavy atom. The van der Waals surface area contributed by atoms with Crippen molar-refractivity contribution in [3.05, 3.63) is 78.9 Å². The first kappa shape index (κ1) is 20.2. The van der Waals surface area contributed by atoms with Crippen molar-refractivity contribution in [1.82, 2.24) is 10.2 Å². The summed E-state index contributed by atoms with van der Waals surface area (Å²) < 4.78 is 16.8. The number of para-hydroxylation sites is 2. The maximum atomic E-state index is 12.2. The molecule has 0 saturated heterocycles. The van der Waals surface area contributed by atoms with E-state index in [1.165, 1.54) is 0 Å². The fourth-order valence-corrected chi connectivity index (χ4v) is 2.92. The number of carbonyl (C=O) groups excluding carboxylic acids is 1. The van der Waals surface area contributed by atoms with Gasteiger partial charge in [0.2, 0.25) is 11.8 Å². The Kier molecular flexibility index (Phi) is 6.23. The summed E-state index contributed by atoms with van der Waals surface area (Å²) in [6, 6.07) is 24.0. The zero-order chi connectivity index (χ0) is 21.5. The van der Waals surface area contributed by atoms with Crippen LogP contribution in [0, 0.1) is 0 Å². The number of rotatable bonds is 8. The number of amides is 1. The van der Waals surface area contributed by atoms with Crippen LogP contribution >= 0.6 is 0 Å². The van der Waals surface area contributed by atoms with Crippen molar-refractivity contribution in [1.29, 1.82) is 0 Å². The van der Waals surface area contributed by atoms with Crippen molar-refractivity contribution in [2.45, 2.75) is 6.92 Å². The van der Waals surface area contributed by atoms with Crippen molar-refractivity contribution in [3.8, 4) is 34.4 Å². The van der Waals surface area contributed by atoms with Gasteiger partial charge in [0.1, 0.15) is 11.5 Å². The monoisotopic (exact) mass is 415 g/mol. The Morgan fingerprint density at radius 2 is 1.48 bits per heavy atom. The highest BCUT2D eigenvalue weighted by Crippen LogP contribution is 2.26. The van der Waals surface area contributed by atoms with Gasteiger partial charge in [0.15, 0.2) is 6.61 Å². The summed E-state index contributed by atoms with van der Waals surface area (Å²) in [4.78, 5) is 12.2. The SMILES string of the molecule is CCOc1ccccc1NC(=O)COc1ccc(-c2nnc(-c3ccccc3)o2)cc1. The third kappa shape index (κ3) is 5.08. The van der Waals surface area contributed by atoms with Crippen LogP contribution in [0.3, 0.4) is 0 Å². The smallest absolute Gasteiger partial charge is 0.262 e. The van der Waals surface area contributed by atoms with Gasteiger partial charge in [0.25, 0.3) is 5.91 Å². The molecule has 0 bridgehead atoms. The second-order valence-electron chi connectivity index (χ2n) is 6.57. The fourth-order valence-electron chi connectivity index (χ4n) is 2.92. The predicted molar refractivity (Wildman–Crippen MR) is 117 cm³/mol. The zero-order valence-electron chi connectivity index (χ0n) is 16.9. The third-order valence-electron chi connectivity index (χ3n) is 4.38. The van der Waals surface area contributed by atoms with Crippen LogP contribution in [0.5, 0.6) is 11.5 Å². The molecule has 0 spiro atoms. The molecule has 0 aliphatic carbocycles. The molecule has 0 aliphatic rings. The lowest BCUT2D eigenvalue weighted by Crippen LogP contribution is -2.20. The van der Waals surface area contributed by atoms with Gasteiger partial charge in [-0.15, -0.1) is 10.2 Å². The molecule has 7 heteroatoms. The van der Waals surface area contributed by atoms with E-state index in [0.29, 0.717) is 35.6 Å². The van der Waals surface area contributed by atoms with Crippen LogP contribution in [-0.2, 0) is 4.79 Å². The van der Waals surface area contributed by atoms with Gasteiger partial charge >= 0.3 is 0 Å². The summed E-state index contributed by atoms with van der Waals surface area (Å²) in [5.74, 6) is 1.77. The maximum absolute atomic E-state index is 12.2. The predicted octanol–water partition coefficient (Wildman–Crippen LogP) is 4.82. The molecule has 0 fully saturated rings. The topological polar surface area (TPSA) is 86.5 Å². The lowest BCUT2D eigenvalue weighted by molar-refractivity contribution is -0.118. The largest absolute Gasteiger partial charge is 0.492 e. The van der Waals surface area contributed by atoms with E-state index in [-0.39, 0.29) is 12.5 Å². The van der Waals surface area contributed by atoms with Crippen molar-refractivity contribution in [3.63, 3.8) is 0 Å². The summed E-state index contributed by atoms with van der Waals surface area (Å²) in [5, 5.41) is 11.0. The minimum absolute atomic E-state index is 0.126. The van der Waals surface area contributed by atoms with E-state index in [4.69, 9.17) is 13.9 Å². The molecule has 1 N–H and O–H groups in total. The Balaban J connectivity index is 1.35. The van der Waals surface area contributed by atoms with Crippen LogP contribution in [0.2, 0.25) is 0 Å². The van der Waals surface area contributed by atoms with Crippen LogP contribution in [0.25, 0.3) is 22.9 Å². The molecule has 156 valence electrons. The van der Waals surface area contributed by atoms with Crippen molar-refractivity contribution in [2.24, 2.45) is 0 Å². The summed E-state index contributed by atoms with van der Waals surface area (Å²) in [7, 11) is 0. The Labute approximate surface area is 179 Å². The molecule has 0 atom stereocenters. The molecule has 1 amide bonds. The Hall–Kier alpha value is -4.13. The number of hydrogen-bond donors (Lipinski definition) is 1. The molecule has 7 nitrogen and oxygen atoms in total. The second kappa shape index (κ2) is 9.58. The number of nitrogens with one attached hydrogen (secondary N) is 1. The number of hydrogen-bond acceptors (Lipinski definition) is 6. The third-order valence-corrected chi connectivity index (χ3v) is 4.38. The molecule has 0 radical (unpaired) electrons. The fraction of sp³-hybridized carbons (Fsp3) is 0.125. The minimum atomic E-state index is -0.277. The number of carbonyl (C=O) groups is 1. The molecule has 0 aliphatic heterocycles. The van der Waals surface area contributed by atoms with Gasteiger partial charge in [-0.25, -0.2) is 0 Å². The van der Waals surface area contributed by atoms with Gasteiger partial charge < -0.3 is 19.2 Å². The van der Waals surface area contributed by atoms with Crippen LogP contribution in [0.1, 0.15) is 6.92 Å². The lowest BCUT2D eigenvalue weighted by Gasteiger charge is -2.11. The normalized spacial score (nSPS) is 10.5. The van der Waals surface area contributed by atoms with Gasteiger partial charge in [0.05, 0.1) is 12.3 Å². The molecule has 1 aromatic heterocycles. The molecule has 1 heterocycles. The number of benzene rings is 3. The molecule has 0 saturated carbocycles. The summed E-state index contributed by atoms with van der Waals surface area (Å²) in [6.45, 7) is 2.28. The van der Waals surface area contributed by atoms with Crippen molar-refractivity contribution >= 4 is 11.6 Å². The molecule has 0 unspecified atom stereocenters. The van der Waals surface area contributed by atoms with E-state index in [1.54, 1.807) is 36.4 Å². The summed E-state index contributed by atoms with van der Waals surface area (Å²) in [6.07, 6.45) is 0. The molecule has 3 aromatic carbocycles. The quantitative estimate of drug-likeness (QED) is 0.444. The Morgan fingerprint density at radius 3 is 2.19 bits per heavy atom. The first-order valence-electron chi connectivity index (χ1n) is 9.87. The highest BCUT2D eigenvalue weighted by atomic mass is 16.5. The minimum Gasteiger partial charge on any atom is -0.492 e. The summed E-state index contributed by atoms with van der Waals surface area (Å²) in [5.41, 5.74) is 2.23. The van der Waals surface area contributed by atoms with Crippen LogP contribution in [0.4, 0.5) is 5.69 Å². The molecule has 4 aromatic rings. The average molecular weight is 415 g/mol. The number of nitrogens with zero attached hydrogens (tertiary/aromatic N) is 2. The van der Waals surface area contributed by atoms with E-state index in [0.717, 1.165) is 11.1 Å². The second-order valence-corrected chi connectivity index (χ2v) is 6.57. The zero-order valence-corrected chi connectivity index (χ0v) is 16.9. The molecule has 31 heavy (non-hydrogen) atoms. The van der Waals surface area contributed by atoms with E-state index >= 15 is 0 Å². The Bertz CT molecular complexity index is 1140. The van der Waals surface area contributed by atoms with E-state index in [9.17, 15) is 4.79 Å². The number of ether oxygens (including phenoxy) is 2. The van der Waals surface area contributed by atoms with Crippen LogP contribution < -0.4 is 14.8 Å². The van der Waals surface area contributed by atoms with Gasteiger partial charge in [-0.2, -0.15) is 0 Å². The first-order chi connectivity index (χ1) is 15.2. The number of aromatic nitrogens is 2. The average Bonchev–Trinajstić information content (AvgIpc) is 3.31. The van der Waals surface area contributed by atoms with Crippen LogP contribution in [-0.4, -0.2) is 29.3 Å². The van der Waals surface area contributed by atoms with E-state index < -0.39 is 0 Å².